The van der Waals surface area contributed by atoms with Gasteiger partial charge in [0.25, 0.3) is 0 Å². The number of rotatable bonds is 6. The Bertz CT molecular complexity index is 266. The molecule has 0 unspecified atom stereocenters. The smallest absolute Gasteiger partial charge is 0.132 e. The van der Waals surface area contributed by atoms with Gasteiger partial charge in [-0.3, -0.25) is 4.79 Å². The van der Waals surface area contributed by atoms with Crippen LogP contribution in [0.4, 0.5) is 0 Å². The molecule has 0 radical (unpaired) electrons. The summed E-state index contributed by atoms with van der Waals surface area (Å²) >= 11 is 0. The molecule has 0 aromatic heterocycles. The lowest BCUT2D eigenvalue weighted by molar-refractivity contribution is -0.118. The van der Waals surface area contributed by atoms with Crippen molar-refractivity contribution in [1.29, 1.82) is 0 Å². The Balaban J connectivity index is 1.60. The topological polar surface area (TPSA) is 23.6 Å². The van der Waals surface area contributed by atoms with Gasteiger partial charge in [0.1, 0.15) is 5.78 Å². The van der Waals surface area contributed by atoms with Crippen molar-refractivity contribution in [2.45, 2.75) is 64.3 Å². The SMILES string of the molecule is CCC(=O)CCCN1CCC(N2CCCCC2)CC1. The van der Waals surface area contributed by atoms with Gasteiger partial charge in [0.15, 0.2) is 0 Å². The maximum atomic E-state index is 11.3. The van der Waals surface area contributed by atoms with Crippen LogP contribution in [0.1, 0.15) is 58.3 Å². The van der Waals surface area contributed by atoms with Gasteiger partial charge in [0.2, 0.25) is 0 Å². The Morgan fingerprint density at radius 2 is 1.74 bits per heavy atom. The standard InChI is InChI=1S/C16H30N2O/c1-2-16(19)7-6-10-17-13-8-15(9-14-17)18-11-4-3-5-12-18/h15H,2-14H2,1H3. The fraction of sp³-hybridized carbons (Fsp3) is 0.938. The zero-order chi connectivity index (χ0) is 13.5. The zero-order valence-electron chi connectivity index (χ0n) is 12.6. The molecule has 3 heteroatoms. The third kappa shape index (κ3) is 4.88. The van der Waals surface area contributed by atoms with Crippen LogP contribution >= 0.6 is 0 Å². The van der Waals surface area contributed by atoms with Crippen molar-refractivity contribution in [2.75, 3.05) is 32.7 Å². The largest absolute Gasteiger partial charge is 0.303 e. The van der Waals surface area contributed by atoms with Gasteiger partial charge >= 0.3 is 0 Å². The third-order valence-corrected chi connectivity index (χ3v) is 4.79. The molecule has 0 aromatic rings. The molecule has 0 aliphatic carbocycles. The van der Waals surface area contributed by atoms with Crippen molar-refractivity contribution in [2.24, 2.45) is 0 Å². The van der Waals surface area contributed by atoms with Crippen LogP contribution in [0.3, 0.4) is 0 Å². The molecule has 0 spiro atoms. The molecule has 0 saturated carbocycles. The molecule has 2 heterocycles. The first kappa shape index (κ1) is 15.0. The van der Waals surface area contributed by atoms with Crippen LogP contribution in [0.5, 0.6) is 0 Å². The van der Waals surface area contributed by atoms with Gasteiger partial charge in [-0.1, -0.05) is 13.3 Å². The molecule has 0 N–H and O–H groups in total. The molecule has 3 nitrogen and oxygen atoms in total. The molecule has 0 atom stereocenters. The fourth-order valence-corrected chi connectivity index (χ4v) is 3.47. The highest BCUT2D eigenvalue weighted by Gasteiger charge is 2.25. The van der Waals surface area contributed by atoms with Crippen molar-refractivity contribution < 1.29 is 4.79 Å². The predicted octanol–water partition coefficient (Wildman–Crippen LogP) is 2.70. The van der Waals surface area contributed by atoms with Crippen LogP contribution in [0.25, 0.3) is 0 Å². The van der Waals surface area contributed by atoms with Gasteiger partial charge in [-0.2, -0.15) is 0 Å². The van der Waals surface area contributed by atoms with E-state index in [1.165, 1.54) is 58.3 Å². The van der Waals surface area contributed by atoms with E-state index in [1.54, 1.807) is 0 Å². The van der Waals surface area contributed by atoms with Crippen LogP contribution in [-0.2, 0) is 4.79 Å². The summed E-state index contributed by atoms with van der Waals surface area (Å²) in [6.07, 6.45) is 9.45. The second-order valence-electron chi connectivity index (χ2n) is 6.17. The summed E-state index contributed by atoms with van der Waals surface area (Å²) in [5.74, 6) is 0.420. The summed E-state index contributed by atoms with van der Waals surface area (Å²) in [6, 6.07) is 0.842. The van der Waals surface area contributed by atoms with Crippen molar-refractivity contribution in [1.82, 2.24) is 9.80 Å². The number of hydrogen-bond donors (Lipinski definition) is 0. The fourth-order valence-electron chi connectivity index (χ4n) is 3.47. The average molecular weight is 266 g/mol. The maximum absolute atomic E-state index is 11.3. The molecule has 19 heavy (non-hydrogen) atoms. The monoisotopic (exact) mass is 266 g/mol. The summed E-state index contributed by atoms with van der Waals surface area (Å²) in [5.41, 5.74) is 0. The van der Waals surface area contributed by atoms with E-state index in [-0.39, 0.29) is 0 Å². The van der Waals surface area contributed by atoms with Crippen LogP contribution < -0.4 is 0 Å². The van der Waals surface area contributed by atoms with E-state index < -0.39 is 0 Å². The van der Waals surface area contributed by atoms with Crippen molar-refractivity contribution in [3.63, 3.8) is 0 Å². The van der Waals surface area contributed by atoms with E-state index in [2.05, 4.69) is 9.80 Å². The number of nitrogens with zero attached hydrogens (tertiary/aromatic N) is 2. The first-order chi connectivity index (χ1) is 9.29. The molecule has 0 aromatic carbocycles. The minimum atomic E-state index is 0.420. The Kier molecular flexibility index (Phi) is 6.32. The molecular weight excluding hydrogens is 236 g/mol. The van der Waals surface area contributed by atoms with Crippen molar-refractivity contribution in [3.8, 4) is 0 Å². The first-order valence-electron chi connectivity index (χ1n) is 8.27. The van der Waals surface area contributed by atoms with E-state index >= 15 is 0 Å². The predicted molar refractivity (Wildman–Crippen MR) is 79.4 cm³/mol. The zero-order valence-corrected chi connectivity index (χ0v) is 12.6. The summed E-state index contributed by atoms with van der Waals surface area (Å²) in [5, 5.41) is 0. The van der Waals surface area contributed by atoms with Gasteiger partial charge in [-0.15, -0.1) is 0 Å². The number of piperidine rings is 2. The van der Waals surface area contributed by atoms with E-state index in [0.717, 1.165) is 25.4 Å². The highest BCUT2D eigenvalue weighted by Crippen LogP contribution is 2.20. The van der Waals surface area contributed by atoms with Crippen LogP contribution in [0.2, 0.25) is 0 Å². The van der Waals surface area contributed by atoms with Crippen molar-refractivity contribution in [3.05, 3.63) is 0 Å². The van der Waals surface area contributed by atoms with Gasteiger partial charge in [-0.05, 0) is 64.8 Å². The van der Waals surface area contributed by atoms with E-state index in [9.17, 15) is 4.79 Å². The second-order valence-corrected chi connectivity index (χ2v) is 6.17. The van der Waals surface area contributed by atoms with E-state index in [4.69, 9.17) is 0 Å². The molecule has 110 valence electrons. The molecule has 2 aliphatic heterocycles. The lowest BCUT2D eigenvalue weighted by atomic mass is 9.99. The number of Topliss-reactive ketones (excluding diaryl/α,β-unsaturated/α-hetero) is 1. The molecule has 2 saturated heterocycles. The van der Waals surface area contributed by atoms with Crippen LogP contribution in [0.15, 0.2) is 0 Å². The highest BCUT2D eigenvalue weighted by atomic mass is 16.1. The first-order valence-corrected chi connectivity index (χ1v) is 8.27. The number of carbonyl (C=O) groups is 1. The molecule has 0 amide bonds. The van der Waals surface area contributed by atoms with Crippen LogP contribution in [0, 0.1) is 0 Å². The molecular formula is C16H30N2O. The number of carbonyl (C=O) groups excluding carboxylic acids is 1. The minimum absolute atomic E-state index is 0.420. The van der Waals surface area contributed by atoms with E-state index in [1.807, 2.05) is 6.92 Å². The minimum Gasteiger partial charge on any atom is -0.303 e. The Labute approximate surface area is 118 Å². The van der Waals surface area contributed by atoms with Gasteiger partial charge in [0.05, 0.1) is 0 Å². The molecule has 0 bridgehead atoms. The summed E-state index contributed by atoms with van der Waals surface area (Å²) in [7, 11) is 0. The molecule has 2 aliphatic rings. The lowest BCUT2D eigenvalue weighted by Gasteiger charge is -2.40. The Morgan fingerprint density at radius 1 is 1.05 bits per heavy atom. The number of ketones is 1. The molecule has 2 rings (SSSR count). The molecule has 2 fully saturated rings. The highest BCUT2D eigenvalue weighted by molar-refractivity contribution is 5.77. The normalized spacial score (nSPS) is 23.6. The van der Waals surface area contributed by atoms with Gasteiger partial charge in [0, 0.05) is 18.9 Å². The number of hydrogen-bond acceptors (Lipinski definition) is 3. The lowest BCUT2D eigenvalue weighted by Crippen LogP contribution is -2.46. The van der Waals surface area contributed by atoms with E-state index in [0.29, 0.717) is 12.2 Å². The maximum Gasteiger partial charge on any atom is 0.132 e. The Morgan fingerprint density at radius 3 is 2.37 bits per heavy atom. The average Bonchev–Trinajstić information content (AvgIpc) is 2.48. The third-order valence-electron chi connectivity index (χ3n) is 4.79. The summed E-state index contributed by atoms with van der Waals surface area (Å²) in [4.78, 5) is 16.6. The Hall–Kier alpha value is -0.410. The van der Waals surface area contributed by atoms with Crippen molar-refractivity contribution >= 4 is 5.78 Å². The second kappa shape index (κ2) is 8.01. The van der Waals surface area contributed by atoms with Crippen LogP contribution in [-0.4, -0.2) is 54.3 Å². The number of likely N-dealkylation sites (tertiary alicyclic amines) is 2. The summed E-state index contributed by atoms with van der Waals surface area (Å²) in [6.45, 7) is 8.22. The summed E-state index contributed by atoms with van der Waals surface area (Å²) < 4.78 is 0. The van der Waals surface area contributed by atoms with Gasteiger partial charge < -0.3 is 9.80 Å². The van der Waals surface area contributed by atoms with Gasteiger partial charge in [-0.25, -0.2) is 0 Å². The quantitative estimate of drug-likeness (QED) is 0.738.